The van der Waals surface area contributed by atoms with Gasteiger partial charge in [0.2, 0.25) is 0 Å². The number of halogens is 8. The number of amides is 1. The molecular weight excluding hydrogens is 411 g/mol. The number of aromatic hydroxyl groups is 1. The van der Waals surface area contributed by atoms with Gasteiger partial charge in [0.1, 0.15) is 11.3 Å². The normalized spacial score (nSPS) is 12.2. The van der Waals surface area contributed by atoms with Crippen molar-refractivity contribution in [1.82, 2.24) is 0 Å². The van der Waals surface area contributed by atoms with Crippen molar-refractivity contribution in [2.24, 2.45) is 0 Å². The summed E-state index contributed by atoms with van der Waals surface area (Å²) in [4.78, 5) is 12.1. The minimum atomic E-state index is -5.11. The molecule has 26 heavy (non-hydrogen) atoms. The van der Waals surface area contributed by atoms with E-state index in [0.717, 1.165) is 18.2 Å². The van der Waals surface area contributed by atoms with E-state index in [4.69, 9.17) is 23.2 Å². The highest BCUT2D eigenvalue weighted by atomic mass is 35.5. The van der Waals surface area contributed by atoms with E-state index in [9.17, 15) is 36.2 Å². The van der Waals surface area contributed by atoms with Crippen LogP contribution in [0.3, 0.4) is 0 Å². The minimum absolute atomic E-state index is 0.344. The molecule has 0 fully saturated rings. The van der Waals surface area contributed by atoms with E-state index in [1.54, 1.807) is 0 Å². The van der Waals surface area contributed by atoms with Gasteiger partial charge in [-0.15, -0.1) is 0 Å². The highest BCUT2D eigenvalue weighted by Crippen LogP contribution is 2.45. The van der Waals surface area contributed by atoms with Crippen LogP contribution in [0.1, 0.15) is 21.5 Å². The fourth-order valence-electron chi connectivity index (χ4n) is 2.02. The second-order valence-electron chi connectivity index (χ2n) is 4.97. The topological polar surface area (TPSA) is 49.3 Å². The summed E-state index contributed by atoms with van der Waals surface area (Å²) in [5.74, 6) is -2.79. The smallest absolute Gasteiger partial charge is 0.421 e. The van der Waals surface area contributed by atoms with Crippen molar-refractivity contribution < 1.29 is 36.2 Å². The van der Waals surface area contributed by atoms with Gasteiger partial charge in [0.15, 0.2) is 0 Å². The van der Waals surface area contributed by atoms with E-state index in [1.165, 1.54) is 0 Å². The fourth-order valence-corrected chi connectivity index (χ4v) is 2.47. The maximum Gasteiger partial charge on any atom is 0.421 e. The van der Waals surface area contributed by atoms with Crippen LogP contribution in [0.25, 0.3) is 0 Å². The van der Waals surface area contributed by atoms with Gasteiger partial charge in [0.25, 0.3) is 5.91 Å². The van der Waals surface area contributed by atoms with Crippen molar-refractivity contribution in [3.63, 3.8) is 0 Å². The third-order valence-corrected chi connectivity index (χ3v) is 3.96. The van der Waals surface area contributed by atoms with Crippen LogP contribution in [0.15, 0.2) is 30.3 Å². The number of hydrogen-bond donors (Lipinski definition) is 2. The zero-order valence-corrected chi connectivity index (χ0v) is 13.8. The quantitative estimate of drug-likeness (QED) is 0.589. The lowest BCUT2D eigenvalue weighted by atomic mass is 10.1. The van der Waals surface area contributed by atoms with Crippen molar-refractivity contribution in [2.45, 2.75) is 12.4 Å². The Morgan fingerprint density at radius 3 is 2.15 bits per heavy atom. The molecular formula is C15H7Cl2F6NO2. The average Bonchev–Trinajstić information content (AvgIpc) is 2.49. The Kier molecular flexibility index (Phi) is 5.34. The van der Waals surface area contributed by atoms with E-state index in [1.807, 2.05) is 5.32 Å². The predicted octanol–water partition coefficient (Wildman–Crippen LogP) is 5.99. The zero-order valence-electron chi connectivity index (χ0n) is 12.3. The molecule has 0 spiro atoms. The second kappa shape index (κ2) is 6.88. The Hall–Kier alpha value is -2.13. The first-order valence-corrected chi connectivity index (χ1v) is 7.34. The zero-order chi connectivity index (χ0) is 19.9. The summed E-state index contributed by atoms with van der Waals surface area (Å²) in [5, 5.41) is 10.1. The van der Waals surface area contributed by atoms with Crippen LogP contribution in [0.4, 0.5) is 32.0 Å². The molecule has 2 N–H and O–H groups in total. The number of phenols is 1. The number of carbonyl (C=O) groups excluding carboxylic acids is 1. The largest absolute Gasteiger partial charge is 0.506 e. The van der Waals surface area contributed by atoms with Gasteiger partial charge in [-0.1, -0.05) is 29.3 Å². The van der Waals surface area contributed by atoms with E-state index >= 15 is 0 Å². The summed E-state index contributed by atoms with van der Waals surface area (Å²) in [6.45, 7) is 0. The predicted molar refractivity (Wildman–Crippen MR) is 82.5 cm³/mol. The molecule has 0 unspecified atom stereocenters. The highest BCUT2D eigenvalue weighted by Gasteiger charge is 2.39. The molecule has 0 aliphatic rings. The fraction of sp³-hybridized carbons (Fsp3) is 0.133. The average molecular weight is 418 g/mol. The highest BCUT2D eigenvalue weighted by molar-refractivity contribution is 6.43. The first-order valence-electron chi connectivity index (χ1n) is 6.59. The summed E-state index contributed by atoms with van der Waals surface area (Å²) >= 11 is 11.0. The molecule has 140 valence electrons. The van der Waals surface area contributed by atoms with Gasteiger partial charge in [-0.05, 0) is 24.3 Å². The molecule has 2 aromatic carbocycles. The number of carbonyl (C=O) groups is 1. The number of rotatable bonds is 2. The van der Waals surface area contributed by atoms with Crippen molar-refractivity contribution in [2.75, 3.05) is 5.32 Å². The first-order chi connectivity index (χ1) is 11.8. The number of benzene rings is 2. The van der Waals surface area contributed by atoms with Crippen LogP contribution in [-0.2, 0) is 12.4 Å². The standard InChI is InChI=1S/C15H7Cl2F6NO2/c16-9-5-8(12(25)10(11(9)17)15(21,22)23)13(26)24-7-3-1-2-6(4-7)14(18,19)20/h1-5,25H,(H,24,26). The van der Waals surface area contributed by atoms with Gasteiger partial charge in [-0.25, -0.2) is 0 Å². The van der Waals surface area contributed by atoms with Crippen molar-refractivity contribution in [1.29, 1.82) is 0 Å². The van der Waals surface area contributed by atoms with Crippen molar-refractivity contribution in [3.05, 3.63) is 57.1 Å². The number of alkyl halides is 6. The van der Waals surface area contributed by atoms with Gasteiger partial charge < -0.3 is 10.4 Å². The summed E-state index contributed by atoms with van der Waals surface area (Å²) in [6, 6.07) is 4.09. The Bertz CT molecular complexity index is 864. The van der Waals surface area contributed by atoms with E-state index < -0.39 is 50.7 Å². The summed E-state index contributed by atoms with van der Waals surface area (Å²) in [5.41, 5.74) is -4.04. The monoisotopic (exact) mass is 417 g/mol. The SMILES string of the molecule is O=C(Nc1cccc(C(F)(F)F)c1)c1cc(Cl)c(Cl)c(C(F)(F)F)c1O. The Morgan fingerprint density at radius 1 is 1.00 bits per heavy atom. The van der Waals surface area contributed by atoms with Gasteiger partial charge in [-0.2, -0.15) is 26.3 Å². The lowest BCUT2D eigenvalue weighted by molar-refractivity contribution is -0.139. The van der Waals surface area contributed by atoms with Crippen LogP contribution >= 0.6 is 23.2 Å². The Labute approximate surface area is 152 Å². The number of anilines is 1. The van der Waals surface area contributed by atoms with Crippen LogP contribution in [0.2, 0.25) is 10.0 Å². The summed E-state index contributed by atoms with van der Waals surface area (Å²) in [7, 11) is 0. The number of hydrogen-bond acceptors (Lipinski definition) is 2. The van der Waals surface area contributed by atoms with E-state index in [0.29, 0.717) is 12.1 Å². The Morgan fingerprint density at radius 2 is 1.62 bits per heavy atom. The van der Waals surface area contributed by atoms with Gasteiger partial charge in [0.05, 0.1) is 21.2 Å². The van der Waals surface area contributed by atoms with Crippen LogP contribution in [-0.4, -0.2) is 11.0 Å². The van der Waals surface area contributed by atoms with E-state index in [2.05, 4.69) is 0 Å². The molecule has 0 aliphatic carbocycles. The molecule has 2 rings (SSSR count). The number of nitrogens with one attached hydrogen (secondary N) is 1. The Balaban J connectivity index is 2.44. The van der Waals surface area contributed by atoms with E-state index in [-0.39, 0.29) is 5.69 Å². The van der Waals surface area contributed by atoms with Crippen molar-refractivity contribution >= 4 is 34.8 Å². The lowest BCUT2D eigenvalue weighted by Gasteiger charge is -2.16. The molecule has 0 aromatic heterocycles. The molecule has 0 bridgehead atoms. The molecule has 0 heterocycles. The third kappa shape index (κ3) is 4.16. The molecule has 3 nitrogen and oxygen atoms in total. The second-order valence-corrected chi connectivity index (χ2v) is 5.76. The summed E-state index contributed by atoms with van der Waals surface area (Å²) < 4.78 is 76.9. The third-order valence-electron chi connectivity index (χ3n) is 3.17. The maximum absolute atomic E-state index is 13.0. The van der Waals surface area contributed by atoms with Crippen molar-refractivity contribution in [3.8, 4) is 5.75 Å². The molecule has 0 saturated carbocycles. The molecule has 0 aliphatic heterocycles. The van der Waals surface area contributed by atoms with Crippen LogP contribution in [0.5, 0.6) is 5.75 Å². The minimum Gasteiger partial charge on any atom is -0.506 e. The molecule has 0 saturated heterocycles. The van der Waals surface area contributed by atoms with Crippen LogP contribution in [0, 0.1) is 0 Å². The number of phenolic OH excluding ortho intramolecular Hbond substituents is 1. The lowest BCUT2D eigenvalue weighted by Crippen LogP contribution is -2.16. The van der Waals surface area contributed by atoms with Gasteiger partial charge >= 0.3 is 12.4 Å². The molecule has 2 aromatic rings. The first kappa shape index (κ1) is 20.2. The summed E-state index contributed by atoms with van der Waals surface area (Å²) in [6.07, 6.45) is -9.80. The van der Waals surface area contributed by atoms with Crippen LogP contribution < -0.4 is 5.32 Å². The maximum atomic E-state index is 13.0. The molecule has 1 amide bonds. The molecule has 11 heteroatoms. The van der Waals surface area contributed by atoms with Gasteiger partial charge in [-0.3, -0.25) is 4.79 Å². The van der Waals surface area contributed by atoms with Gasteiger partial charge in [0, 0.05) is 5.69 Å². The molecule has 0 atom stereocenters. The molecule has 0 radical (unpaired) electrons.